The molecule has 1 atom stereocenters. The average molecular weight is 305 g/mol. The summed E-state index contributed by atoms with van der Waals surface area (Å²) in [6.07, 6.45) is 3.04. The second kappa shape index (κ2) is 11.6. The van der Waals surface area contributed by atoms with E-state index in [1.807, 2.05) is 0 Å². The lowest BCUT2D eigenvalue weighted by Gasteiger charge is -2.12. The van der Waals surface area contributed by atoms with E-state index >= 15 is 0 Å². The van der Waals surface area contributed by atoms with E-state index in [0.717, 1.165) is 25.0 Å². The van der Waals surface area contributed by atoms with Gasteiger partial charge in [-0.15, -0.1) is 0 Å². The molecule has 0 saturated heterocycles. The molecule has 0 aromatic rings. The van der Waals surface area contributed by atoms with Crippen molar-refractivity contribution in [2.75, 3.05) is 18.1 Å². The highest BCUT2D eigenvalue weighted by atomic mass is 32.2. The molecule has 0 aliphatic heterocycles. The number of carbonyl (C=O) groups excluding carboxylic acids is 2. The number of rotatable bonds is 11. The number of amides is 1. The summed E-state index contributed by atoms with van der Waals surface area (Å²) in [4.78, 5) is 32.7. The summed E-state index contributed by atoms with van der Waals surface area (Å²) < 4.78 is 4.81. The molecule has 20 heavy (non-hydrogen) atoms. The lowest BCUT2D eigenvalue weighted by atomic mass is 10.2. The van der Waals surface area contributed by atoms with Gasteiger partial charge in [0.1, 0.15) is 6.04 Å². The first-order valence-electron chi connectivity index (χ1n) is 6.70. The van der Waals surface area contributed by atoms with Crippen molar-refractivity contribution in [1.82, 2.24) is 5.32 Å². The van der Waals surface area contributed by atoms with Gasteiger partial charge in [0.05, 0.1) is 6.61 Å². The van der Waals surface area contributed by atoms with Crippen LogP contribution in [0.1, 0.15) is 39.5 Å². The molecule has 0 rings (SSSR count). The predicted molar refractivity (Wildman–Crippen MR) is 77.7 cm³/mol. The highest BCUT2D eigenvalue weighted by Crippen LogP contribution is 2.10. The Morgan fingerprint density at radius 1 is 1.25 bits per heavy atom. The molecule has 1 unspecified atom stereocenters. The average Bonchev–Trinajstić information content (AvgIpc) is 2.35. The van der Waals surface area contributed by atoms with Gasteiger partial charge in [-0.1, -0.05) is 6.42 Å². The summed E-state index contributed by atoms with van der Waals surface area (Å²) >= 11 is 1.49. The van der Waals surface area contributed by atoms with Crippen molar-refractivity contribution in [1.29, 1.82) is 0 Å². The van der Waals surface area contributed by atoms with Crippen LogP contribution in [0, 0.1) is 0 Å². The van der Waals surface area contributed by atoms with Gasteiger partial charge in [0, 0.05) is 19.1 Å². The first kappa shape index (κ1) is 18.8. The maximum absolute atomic E-state index is 11.1. The van der Waals surface area contributed by atoms with Gasteiger partial charge in [0.2, 0.25) is 5.91 Å². The number of carboxylic acids is 1. The number of carboxylic acid groups (broad SMARTS) is 1. The van der Waals surface area contributed by atoms with Crippen molar-refractivity contribution in [3.63, 3.8) is 0 Å². The van der Waals surface area contributed by atoms with Gasteiger partial charge in [0.15, 0.2) is 0 Å². The first-order chi connectivity index (χ1) is 9.47. The third-order valence-electron chi connectivity index (χ3n) is 2.44. The Morgan fingerprint density at radius 2 is 1.95 bits per heavy atom. The van der Waals surface area contributed by atoms with Crippen LogP contribution in [0.3, 0.4) is 0 Å². The van der Waals surface area contributed by atoms with Crippen LogP contribution in [-0.4, -0.2) is 47.1 Å². The molecule has 6 nitrogen and oxygen atoms in total. The number of nitrogens with one attached hydrogen (secondary N) is 1. The maximum atomic E-state index is 11.1. The Balaban J connectivity index is 3.57. The minimum Gasteiger partial charge on any atom is -0.480 e. The minimum absolute atomic E-state index is 0.170. The number of hydrogen-bond donors (Lipinski definition) is 2. The van der Waals surface area contributed by atoms with E-state index in [1.165, 1.54) is 18.7 Å². The predicted octanol–water partition coefficient (Wildman–Crippen LogP) is 1.43. The first-order valence-corrected chi connectivity index (χ1v) is 7.86. The van der Waals surface area contributed by atoms with Crippen molar-refractivity contribution in [2.45, 2.75) is 45.6 Å². The van der Waals surface area contributed by atoms with Crippen LogP contribution in [-0.2, 0) is 19.1 Å². The van der Waals surface area contributed by atoms with E-state index in [2.05, 4.69) is 5.32 Å². The summed E-state index contributed by atoms with van der Waals surface area (Å²) in [6, 6.07) is -0.836. The fraction of sp³-hybridized carbons (Fsp3) is 0.769. The Bertz CT molecular complexity index is 322. The summed E-state index contributed by atoms with van der Waals surface area (Å²) in [5.41, 5.74) is 0. The van der Waals surface area contributed by atoms with Crippen LogP contribution in [0.15, 0.2) is 0 Å². The summed E-state index contributed by atoms with van der Waals surface area (Å²) in [5, 5.41) is 11.3. The Labute approximate surface area is 123 Å². The van der Waals surface area contributed by atoms with Gasteiger partial charge >= 0.3 is 11.9 Å². The van der Waals surface area contributed by atoms with Gasteiger partial charge in [-0.25, -0.2) is 4.79 Å². The van der Waals surface area contributed by atoms with Crippen LogP contribution in [0.25, 0.3) is 0 Å². The molecule has 0 heterocycles. The number of thioether (sulfide) groups is 1. The molecule has 0 aromatic carbocycles. The van der Waals surface area contributed by atoms with E-state index in [9.17, 15) is 14.4 Å². The van der Waals surface area contributed by atoms with Crippen molar-refractivity contribution >= 4 is 29.6 Å². The van der Waals surface area contributed by atoms with Gasteiger partial charge in [-0.05, 0) is 25.5 Å². The Kier molecular flexibility index (Phi) is 10.9. The smallest absolute Gasteiger partial charge is 0.327 e. The highest BCUT2D eigenvalue weighted by molar-refractivity contribution is 7.99. The molecule has 0 radical (unpaired) electrons. The van der Waals surface area contributed by atoms with E-state index in [1.54, 1.807) is 6.92 Å². The SMILES string of the molecule is CCOC(=O)CCCCCSCC(NC(C)=O)C(=O)O. The second-order valence-electron chi connectivity index (χ2n) is 4.28. The van der Waals surface area contributed by atoms with Crippen LogP contribution in [0.4, 0.5) is 0 Å². The number of carbonyl (C=O) groups is 3. The third-order valence-corrected chi connectivity index (χ3v) is 3.58. The fourth-order valence-electron chi connectivity index (χ4n) is 1.50. The standard InChI is InChI=1S/C13H23NO5S/c1-3-19-12(16)7-5-4-6-8-20-9-11(13(17)18)14-10(2)15/h11H,3-9H2,1-2H3,(H,14,15)(H,17,18). The zero-order chi connectivity index (χ0) is 15.4. The topological polar surface area (TPSA) is 92.7 Å². The van der Waals surface area contributed by atoms with Crippen molar-refractivity contribution in [3.05, 3.63) is 0 Å². The van der Waals surface area contributed by atoms with Crippen molar-refractivity contribution < 1.29 is 24.2 Å². The van der Waals surface area contributed by atoms with E-state index < -0.39 is 12.0 Å². The normalized spacial score (nSPS) is 11.7. The number of esters is 1. The number of unbranched alkanes of at least 4 members (excludes halogenated alkanes) is 2. The molecule has 0 saturated carbocycles. The molecule has 7 heteroatoms. The largest absolute Gasteiger partial charge is 0.480 e. The lowest BCUT2D eigenvalue weighted by Crippen LogP contribution is -2.41. The Hall–Kier alpha value is -1.24. The molecule has 0 aromatic heterocycles. The van der Waals surface area contributed by atoms with Crippen LogP contribution in [0.5, 0.6) is 0 Å². The number of hydrogen-bond acceptors (Lipinski definition) is 5. The van der Waals surface area contributed by atoms with Crippen LogP contribution >= 0.6 is 11.8 Å². The molecule has 0 aliphatic rings. The summed E-state index contributed by atoms with van der Waals surface area (Å²) in [6.45, 7) is 3.49. The quantitative estimate of drug-likeness (QED) is 0.443. The lowest BCUT2D eigenvalue weighted by molar-refractivity contribution is -0.143. The van der Waals surface area contributed by atoms with Gasteiger partial charge < -0.3 is 15.2 Å². The highest BCUT2D eigenvalue weighted by Gasteiger charge is 2.17. The summed E-state index contributed by atoms with van der Waals surface area (Å²) in [5.74, 6) is -0.363. The monoisotopic (exact) mass is 305 g/mol. The number of aliphatic carboxylic acids is 1. The van der Waals surface area contributed by atoms with E-state index in [0.29, 0.717) is 18.8 Å². The maximum Gasteiger partial charge on any atom is 0.327 e. The van der Waals surface area contributed by atoms with Crippen molar-refractivity contribution in [2.24, 2.45) is 0 Å². The van der Waals surface area contributed by atoms with Crippen LogP contribution < -0.4 is 5.32 Å². The minimum atomic E-state index is -1.02. The van der Waals surface area contributed by atoms with Crippen molar-refractivity contribution in [3.8, 4) is 0 Å². The molecule has 0 spiro atoms. The summed E-state index contributed by atoms with van der Waals surface area (Å²) in [7, 11) is 0. The zero-order valence-electron chi connectivity index (χ0n) is 12.0. The molecule has 0 fully saturated rings. The van der Waals surface area contributed by atoms with E-state index in [4.69, 9.17) is 9.84 Å². The molecular formula is C13H23NO5S. The van der Waals surface area contributed by atoms with Gasteiger partial charge in [0.25, 0.3) is 0 Å². The molecular weight excluding hydrogens is 282 g/mol. The molecule has 2 N–H and O–H groups in total. The molecule has 0 aliphatic carbocycles. The molecule has 0 bridgehead atoms. The number of ether oxygens (including phenoxy) is 1. The van der Waals surface area contributed by atoms with Gasteiger partial charge in [-0.2, -0.15) is 11.8 Å². The van der Waals surface area contributed by atoms with Crippen LogP contribution in [0.2, 0.25) is 0 Å². The van der Waals surface area contributed by atoms with E-state index in [-0.39, 0.29) is 11.9 Å². The zero-order valence-corrected chi connectivity index (χ0v) is 12.8. The Morgan fingerprint density at radius 3 is 2.50 bits per heavy atom. The third kappa shape index (κ3) is 10.7. The fourth-order valence-corrected chi connectivity index (χ4v) is 2.54. The second-order valence-corrected chi connectivity index (χ2v) is 5.43. The molecule has 1 amide bonds. The van der Waals surface area contributed by atoms with Gasteiger partial charge in [-0.3, -0.25) is 9.59 Å². The molecule has 116 valence electrons.